The molecule has 0 spiro atoms. The highest BCUT2D eigenvalue weighted by Gasteiger charge is 2.19. The minimum Gasteiger partial charge on any atom is -0.462 e. The predicted molar refractivity (Wildman–Crippen MR) is 297 cm³/mol. The molecule has 0 aliphatic heterocycles. The molecule has 0 amide bonds. The molecule has 0 aliphatic rings. The maximum absolute atomic E-state index is 12.9. The van der Waals surface area contributed by atoms with E-state index in [1.54, 1.807) is 0 Å². The normalized spacial score (nSPS) is 12.8. The second-order valence-corrected chi connectivity index (χ2v) is 19.0. The Hall–Kier alpha value is -3.67. The lowest BCUT2D eigenvalue weighted by molar-refractivity contribution is -0.167. The van der Waals surface area contributed by atoms with Gasteiger partial charge in [-0.05, 0) is 64.2 Å². The van der Waals surface area contributed by atoms with E-state index >= 15 is 0 Å². The Bertz CT molecular complexity index is 1380. The minimum atomic E-state index is -0.801. The predicted octanol–water partition coefficient (Wildman–Crippen LogP) is 19.3. The molecule has 0 aromatic heterocycles. The summed E-state index contributed by atoms with van der Waals surface area (Å²) in [5, 5.41) is 0. The smallest absolute Gasteiger partial charge is 0.306 e. The van der Waals surface area contributed by atoms with Gasteiger partial charge in [-0.1, -0.05) is 279 Å². The maximum atomic E-state index is 12.9. The summed E-state index contributed by atoms with van der Waals surface area (Å²) < 4.78 is 16.8. The van der Waals surface area contributed by atoms with Gasteiger partial charge in [0.2, 0.25) is 0 Å². The molecule has 0 saturated heterocycles. The molecule has 0 aromatic rings. The first kappa shape index (κ1) is 65.3. The molecule has 0 radical (unpaired) electrons. The van der Waals surface area contributed by atoms with Crippen LogP contribution in [0, 0.1) is 0 Å². The van der Waals surface area contributed by atoms with Crippen LogP contribution in [0.3, 0.4) is 0 Å². The van der Waals surface area contributed by atoms with E-state index in [4.69, 9.17) is 14.2 Å². The third kappa shape index (κ3) is 55.1. The van der Waals surface area contributed by atoms with Crippen LogP contribution in [0.2, 0.25) is 0 Å². The van der Waals surface area contributed by atoms with Crippen molar-refractivity contribution >= 4 is 17.9 Å². The zero-order chi connectivity index (χ0) is 50.0. The molecule has 0 bridgehead atoms. The molecule has 6 heteroatoms. The SMILES string of the molecule is CC\C=C/C=C\C=C/C=C\C=C\C=C/C=C\CCCCCC(=O)OCC(COC(=O)CCCCCCCCCCCCCCCC)OC(=O)CCCCCCC/C=C\CCCCCCCCCCC. The van der Waals surface area contributed by atoms with Gasteiger partial charge < -0.3 is 14.2 Å². The van der Waals surface area contributed by atoms with E-state index in [1.807, 2.05) is 72.9 Å². The van der Waals surface area contributed by atoms with Crippen LogP contribution in [0.5, 0.6) is 0 Å². The van der Waals surface area contributed by atoms with Crippen molar-refractivity contribution in [3.05, 3.63) is 97.2 Å². The summed E-state index contributed by atoms with van der Waals surface area (Å²) in [5.41, 5.74) is 0. The Morgan fingerprint density at radius 3 is 0.942 bits per heavy atom. The van der Waals surface area contributed by atoms with E-state index in [2.05, 4.69) is 45.1 Å². The van der Waals surface area contributed by atoms with Crippen LogP contribution >= 0.6 is 0 Å². The lowest BCUT2D eigenvalue weighted by Crippen LogP contribution is -2.30. The van der Waals surface area contributed by atoms with Gasteiger partial charge in [0.25, 0.3) is 0 Å². The van der Waals surface area contributed by atoms with E-state index in [9.17, 15) is 14.4 Å². The van der Waals surface area contributed by atoms with Gasteiger partial charge in [-0.25, -0.2) is 0 Å². The van der Waals surface area contributed by atoms with Crippen molar-refractivity contribution in [2.45, 2.75) is 271 Å². The van der Waals surface area contributed by atoms with Gasteiger partial charge in [-0.15, -0.1) is 0 Å². The average Bonchev–Trinajstić information content (AvgIpc) is 3.35. The van der Waals surface area contributed by atoms with Crippen molar-refractivity contribution in [2.75, 3.05) is 13.2 Å². The van der Waals surface area contributed by atoms with Gasteiger partial charge >= 0.3 is 17.9 Å². The van der Waals surface area contributed by atoms with Gasteiger partial charge in [0.15, 0.2) is 6.10 Å². The van der Waals surface area contributed by atoms with Crippen molar-refractivity contribution in [3.63, 3.8) is 0 Å². The summed E-state index contributed by atoms with van der Waals surface area (Å²) in [7, 11) is 0. The average molecular weight is 960 g/mol. The van der Waals surface area contributed by atoms with Crippen LogP contribution in [-0.2, 0) is 28.6 Å². The highest BCUT2D eigenvalue weighted by molar-refractivity contribution is 5.71. The summed E-state index contributed by atoms with van der Waals surface area (Å²) in [6, 6.07) is 0. The van der Waals surface area contributed by atoms with Crippen molar-refractivity contribution in [1.29, 1.82) is 0 Å². The zero-order valence-corrected chi connectivity index (χ0v) is 45.0. The Kier molecular flexibility index (Phi) is 53.9. The number of ether oxygens (including phenoxy) is 3. The van der Waals surface area contributed by atoms with E-state index in [-0.39, 0.29) is 31.1 Å². The molecule has 6 nitrogen and oxygen atoms in total. The molecule has 0 aliphatic carbocycles. The molecule has 69 heavy (non-hydrogen) atoms. The number of rotatable bonds is 51. The zero-order valence-electron chi connectivity index (χ0n) is 45.0. The second kappa shape index (κ2) is 56.9. The summed E-state index contributed by atoms with van der Waals surface area (Å²) in [5.74, 6) is -0.944. The fraction of sp³-hybridized carbons (Fsp3) is 0.698. The highest BCUT2D eigenvalue weighted by atomic mass is 16.6. The number of hydrogen-bond acceptors (Lipinski definition) is 6. The summed E-state index contributed by atoms with van der Waals surface area (Å²) in [6.07, 6.45) is 75.3. The molecule has 1 atom stereocenters. The van der Waals surface area contributed by atoms with Gasteiger partial charge in [-0.2, -0.15) is 0 Å². The summed E-state index contributed by atoms with van der Waals surface area (Å²) >= 11 is 0. The Morgan fingerprint density at radius 2 is 0.580 bits per heavy atom. The molecule has 394 valence electrons. The molecule has 0 saturated carbocycles. The topological polar surface area (TPSA) is 78.9 Å². The standard InChI is InChI=1S/C63H106O6/c1-4-7-10-13-16-19-22-25-28-30-32-34-35-38-41-44-47-50-53-56-62(65)68-59-60(58-67-61(64)55-52-49-46-43-40-37-27-24-21-18-15-12-9-6-3)69-63(66)57-54-51-48-45-42-39-36-33-31-29-26-23-20-17-14-11-8-5-2/h7,10,13,16,19,22,25,28,30,32-36,38,41,60H,4-6,8-9,11-12,14-15,17-18,20-21,23-24,26-27,29,31,37,39-40,42-59H2,1-3H3/b10-7-,16-13-,22-19-,28-25-,32-30+,35-34-,36-33-,41-38-. The largest absolute Gasteiger partial charge is 0.462 e. The number of carbonyl (C=O) groups excluding carboxylic acids is 3. The minimum absolute atomic E-state index is 0.0943. The molecule has 0 aromatic carbocycles. The fourth-order valence-corrected chi connectivity index (χ4v) is 7.95. The first-order valence-corrected chi connectivity index (χ1v) is 28.8. The number of carbonyl (C=O) groups is 3. The van der Waals surface area contributed by atoms with Gasteiger partial charge in [0, 0.05) is 19.3 Å². The van der Waals surface area contributed by atoms with Gasteiger partial charge in [0.1, 0.15) is 13.2 Å². The van der Waals surface area contributed by atoms with Crippen molar-refractivity contribution in [3.8, 4) is 0 Å². The third-order valence-corrected chi connectivity index (χ3v) is 12.3. The Morgan fingerprint density at radius 1 is 0.304 bits per heavy atom. The van der Waals surface area contributed by atoms with E-state index in [0.717, 1.165) is 83.5 Å². The third-order valence-electron chi connectivity index (χ3n) is 12.3. The van der Waals surface area contributed by atoms with Gasteiger partial charge in [-0.3, -0.25) is 14.4 Å². The van der Waals surface area contributed by atoms with Crippen molar-refractivity contribution in [1.82, 2.24) is 0 Å². The van der Waals surface area contributed by atoms with E-state index < -0.39 is 6.10 Å². The number of esters is 3. The molecular formula is C63H106O6. The molecular weight excluding hydrogens is 853 g/mol. The monoisotopic (exact) mass is 959 g/mol. The first-order valence-electron chi connectivity index (χ1n) is 28.8. The summed E-state index contributed by atoms with van der Waals surface area (Å²) in [4.78, 5) is 38.2. The van der Waals surface area contributed by atoms with E-state index in [0.29, 0.717) is 19.3 Å². The molecule has 1 unspecified atom stereocenters. The van der Waals surface area contributed by atoms with Crippen molar-refractivity contribution in [2.24, 2.45) is 0 Å². The fourth-order valence-electron chi connectivity index (χ4n) is 7.95. The highest BCUT2D eigenvalue weighted by Crippen LogP contribution is 2.16. The Balaban J connectivity index is 4.49. The Labute approximate surface area is 426 Å². The van der Waals surface area contributed by atoms with Crippen LogP contribution in [-0.4, -0.2) is 37.2 Å². The molecule has 0 fully saturated rings. The van der Waals surface area contributed by atoms with Crippen LogP contribution < -0.4 is 0 Å². The van der Waals surface area contributed by atoms with Crippen LogP contribution in [0.1, 0.15) is 265 Å². The molecule has 0 N–H and O–H groups in total. The quantitative estimate of drug-likeness (QED) is 0.0199. The number of hydrogen-bond donors (Lipinski definition) is 0. The second-order valence-electron chi connectivity index (χ2n) is 19.0. The summed E-state index contributed by atoms with van der Waals surface area (Å²) in [6.45, 7) is 6.46. The number of unbranched alkanes of at least 4 members (excludes halogenated alkanes) is 30. The van der Waals surface area contributed by atoms with Crippen molar-refractivity contribution < 1.29 is 28.6 Å². The maximum Gasteiger partial charge on any atom is 0.306 e. The molecule has 0 rings (SSSR count). The molecule has 0 heterocycles. The number of allylic oxidation sites excluding steroid dienone is 16. The van der Waals surface area contributed by atoms with Gasteiger partial charge in [0.05, 0.1) is 0 Å². The van der Waals surface area contributed by atoms with Crippen LogP contribution in [0.25, 0.3) is 0 Å². The van der Waals surface area contributed by atoms with Crippen LogP contribution in [0.15, 0.2) is 97.2 Å². The van der Waals surface area contributed by atoms with Crippen LogP contribution in [0.4, 0.5) is 0 Å². The lowest BCUT2D eigenvalue weighted by Gasteiger charge is -2.18. The van der Waals surface area contributed by atoms with E-state index in [1.165, 1.54) is 141 Å². The lowest BCUT2D eigenvalue weighted by atomic mass is 10.0. The first-order chi connectivity index (χ1) is 34.0.